The maximum absolute atomic E-state index is 11.0. The van der Waals surface area contributed by atoms with E-state index in [1.54, 1.807) is 0 Å². The van der Waals surface area contributed by atoms with Crippen molar-refractivity contribution < 1.29 is 13.5 Å². The number of rotatable bonds is 5. The van der Waals surface area contributed by atoms with Gasteiger partial charge in [-0.15, -0.1) is 0 Å². The number of hydrogen-bond donors (Lipinski definition) is 3. The first-order chi connectivity index (χ1) is 8.49. The van der Waals surface area contributed by atoms with Gasteiger partial charge in [0.05, 0.1) is 6.26 Å². The monoisotopic (exact) mass is 268 g/mol. The molecule has 0 fully saturated rings. The van der Waals surface area contributed by atoms with Crippen molar-refractivity contribution in [3.63, 3.8) is 0 Å². The molecule has 2 rings (SSSR count). The first kappa shape index (κ1) is 13.1. The van der Waals surface area contributed by atoms with Crippen molar-refractivity contribution >= 4 is 20.9 Å². The van der Waals surface area contributed by atoms with Crippen LogP contribution in [0.4, 0.5) is 0 Å². The molecule has 0 spiro atoms. The van der Waals surface area contributed by atoms with Gasteiger partial charge in [-0.05, 0) is 29.7 Å². The fraction of sp³-hybridized carbons (Fsp3) is 0.333. The number of sulfonamides is 1. The van der Waals surface area contributed by atoms with E-state index in [9.17, 15) is 8.42 Å². The van der Waals surface area contributed by atoms with E-state index in [1.807, 2.05) is 24.4 Å². The second-order valence-electron chi connectivity index (χ2n) is 4.26. The van der Waals surface area contributed by atoms with E-state index in [0.717, 1.165) is 28.3 Å². The van der Waals surface area contributed by atoms with E-state index >= 15 is 0 Å². The summed E-state index contributed by atoms with van der Waals surface area (Å²) in [4.78, 5) is 3.12. The molecule has 18 heavy (non-hydrogen) atoms. The van der Waals surface area contributed by atoms with Gasteiger partial charge in [-0.3, -0.25) is 0 Å². The lowest BCUT2D eigenvalue weighted by Gasteiger charge is -2.03. The molecule has 0 saturated heterocycles. The van der Waals surface area contributed by atoms with Crippen molar-refractivity contribution in [2.45, 2.75) is 13.0 Å². The minimum atomic E-state index is -3.18. The third-order valence-corrected chi connectivity index (χ3v) is 3.42. The molecule has 0 amide bonds. The highest BCUT2D eigenvalue weighted by atomic mass is 32.2. The van der Waals surface area contributed by atoms with Crippen LogP contribution in [0.1, 0.15) is 11.1 Å². The standard InChI is InChI=1S/C12H16N2O3S/c1-18(16,17)14-7-9-2-3-12-11(6-9)10(4-5-15)8-13-12/h2-3,6,8,13-15H,4-5,7H2,1H3. The molecule has 6 heteroatoms. The summed E-state index contributed by atoms with van der Waals surface area (Å²) in [5.74, 6) is 0. The lowest BCUT2D eigenvalue weighted by molar-refractivity contribution is 0.300. The topological polar surface area (TPSA) is 82.2 Å². The van der Waals surface area contributed by atoms with Gasteiger partial charge in [0, 0.05) is 30.3 Å². The van der Waals surface area contributed by atoms with E-state index in [4.69, 9.17) is 5.11 Å². The molecule has 0 bridgehead atoms. The average molecular weight is 268 g/mol. The summed E-state index contributed by atoms with van der Waals surface area (Å²) in [6, 6.07) is 5.73. The van der Waals surface area contributed by atoms with E-state index < -0.39 is 10.0 Å². The quantitative estimate of drug-likeness (QED) is 0.748. The Labute approximate surface area is 106 Å². The fourth-order valence-electron chi connectivity index (χ4n) is 1.88. The van der Waals surface area contributed by atoms with Gasteiger partial charge in [0.2, 0.25) is 10.0 Å². The molecule has 98 valence electrons. The predicted molar refractivity (Wildman–Crippen MR) is 70.8 cm³/mol. The molecule has 2 aromatic rings. The highest BCUT2D eigenvalue weighted by molar-refractivity contribution is 7.88. The zero-order valence-corrected chi connectivity index (χ0v) is 10.9. The minimum absolute atomic E-state index is 0.0960. The highest BCUT2D eigenvalue weighted by Crippen LogP contribution is 2.20. The van der Waals surface area contributed by atoms with Gasteiger partial charge in [0.15, 0.2) is 0 Å². The molecule has 0 aliphatic carbocycles. The van der Waals surface area contributed by atoms with E-state index in [1.165, 1.54) is 0 Å². The molecule has 5 nitrogen and oxygen atoms in total. The molecule has 1 aromatic heterocycles. The molecule has 1 heterocycles. The van der Waals surface area contributed by atoms with Gasteiger partial charge in [-0.1, -0.05) is 6.07 Å². The molecular weight excluding hydrogens is 252 g/mol. The second kappa shape index (κ2) is 5.09. The van der Waals surface area contributed by atoms with Crippen LogP contribution in [0.3, 0.4) is 0 Å². The van der Waals surface area contributed by atoms with Crippen LogP contribution >= 0.6 is 0 Å². The fourth-order valence-corrected chi connectivity index (χ4v) is 2.31. The van der Waals surface area contributed by atoms with Gasteiger partial charge in [0.1, 0.15) is 0 Å². The Kier molecular flexibility index (Phi) is 3.70. The number of fused-ring (bicyclic) bond motifs is 1. The van der Waals surface area contributed by atoms with Gasteiger partial charge in [-0.25, -0.2) is 13.1 Å². The third-order valence-electron chi connectivity index (χ3n) is 2.75. The van der Waals surface area contributed by atoms with Crippen LogP contribution in [0.15, 0.2) is 24.4 Å². The lowest BCUT2D eigenvalue weighted by Crippen LogP contribution is -2.21. The van der Waals surface area contributed by atoms with Crippen molar-refractivity contribution in [3.05, 3.63) is 35.5 Å². The number of aromatic nitrogens is 1. The van der Waals surface area contributed by atoms with Crippen LogP contribution in [-0.2, 0) is 23.0 Å². The van der Waals surface area contributed by atoms with Crippen LogP contribution in [0.2, 0.25) is 0 Å². The summed E-state index contributed by atoms with van der Waals surface area (Å²) in [7, 11) is -3.18. The van der Waals surface area contributed by atoms with Gasteiger partial charge >= 0.3 is 0 Å². The number of H-pyrrole nitrogens is 1. The normalized spacial score (nSPS) is 12.1. The van der Waals surface area contributed by atoms with E-state index in [-0.39, 0.29) is 13.2 Å². The lowest BCUT2D eigenvalue weighted by atomic mass is 10.1. The van der Waals surface area contributed by atoms with Crippen LogP contribution in [0, 0.1) is 0 Å². The van der Waals surface area contributed by atoms with Crippen LogP contribution < -0.4 is 4.72 Å². The Balaban J connectivity index is 2.27. The Hall–Kier alpha value is -1.37. The molecule has 0 aliphatic rings. The smallest absolute Gasteiger partial charge is 0.209 e. The van der Waals surface area contributed by atoms with E-state index in [2.05, 4.69) is 9.71 Å². The zero-order chi connectivity index (χ0) is 13.2. The second-order valence-corrected chi connectivity index (χ2v) is 6.09. The Morgan fingerprint density at radius 1 is 1.39 bits per heavy atom. The number of hydrogen-bond acceptors (Lipinski definition) is 3. The molecule has 0 unspecified atom stereocenters. The SMILES string of the molecule is CS(=O)(=O)NCc1ccc2[nH]cc(CCO)c2c1. The van der Waals surface area contributed by atoms with Crippen LogP contribution in [0.25, 0.3) is 10.9 Å². The number of benzene rings is 1. The molecular formula is C12H16N2O3S. The molecule has 0 saturated carbocycles. The number of aliphatic hydroxyl groups is 1. The molecule has 1 aromatic carbocycles. The minimum Gasteiger partial charge on any atom is -0.396 e. The Bertz CT molecular complexity index is 646. The Morgan fingerprint density at radius 2 is 2.17 bits per heavy atom. The Morgan fingerprint density at radius 3 is 2.83 bits per heavy atom. The summed E-state index contributed by atoms with van der Waals surface area (Å²) in [5.41, 5.74) is 2.92. The summed E-state index contributed by atoms with van der Waals surface area (Å²) < 4.78 is 24.5. The van der Waals surface area contributed by atoms with Crippen molar-refractivity contribution in [3.8, 4) is 0 Å². The van der Waals surface area contributed by atoms with Gasteiger partial charge in [-0.2, -0.15) is 0 Å². The summed E-state index contributed by atoms with van der Waals surface area (Å²) in [6.07, 6.45) is 3.59. The summed E-state index contributed by atoms with van der Waals surface area (Å²) in [6.45, 7) is 0.372. The molecule has 3 N–H and O–H groups in total. The zero-order valence-electron chi connectivity index (χ0n) is 10.1. The first-order valence-electron chi connectivity index (χ1n) is 5.64. The van der Waals surface area contributed by atoms with Crippen LogP contribution in [0.5, 0.6) is 0 Å². The largest absolute Gasteiger partial charge is 0.396 e. The number of aromatic amines is 1. The van der Waals surface area contributed by atoms with Gasteiger partial charge < -0.3 is 10.1 Å². The van der Waals surface area contributed by atoms with Crippen molar-refractivity contribution in [1.29, 1.82) is 0 Å². The molecule has 0 radical (unpaired) electrons. The predicted octanol–water partition coefficient (Wildman–Crippen LogP) is 0.752. The molecule has 0 atom stereocenters. The summed E-state index contributed by atoms with van der Waals surface area (Å²) in [5, 5.41) is 10.00. The van der Waals surface area contributed by atoms with E-state index in [0.29, 0.717) is 6.42 Å². The maximum atomic E-state index is 11.0. The van der Waals surface area contributed by atoms with Crippen molar-refractivity contribution in [2.24, 2.45) is 0 Å². The first-order valence-corrected chi connectivity index (χ1v) is 7.53. The highest BCUT2D eigenvalue weighted by Gasteiger charge is 2.06. The summed E-state index contributed by atoms with van der Waals surface area (Å²) >= 11 is 0. The molecule has 0 aliphatic heterocycles. The third kappa shape index (κ3) is 3.10. The number of nitrogens with one attached hydrogen (secondary N) is 2. The van der Waals surface area contributed by atoms with Crippen molar-refractivity contribution in [2.75, 3.05) is 12.9 Å². The van der Waals surface area contributed by atoms with Crippen LogP contribution in [-0.4, -0.2) is 31.4 Å². The van der Waals surface area contributed by atoms with Gasteiger partial charge in [0.25, 0.3) is 0 Å². The number of aliphatic hydroxyl groups excluding tert-OH is 1. The average Bonchev–Trinajstić information content (AvgIpc) is 2.69. The van der Waals surface area contributed by atoms with Crippen molar-refractivity contribution in [1.82, 2.24) is 9.71 Å². The maximum Gasteiger partial charge on any atom is 0.209 e.